The number of aromatic nitrogens is 4. The van der Waals surface area contributed by atoms with Crippen molar-refractivity contribution in [3.8, 4) is 11.4 Å². The molecular formula is C22H21ClN6. The molecule has 0 saturated carbocycles. The summed E-state index contributed by atoms with van der Waals surface area (Å²) in [5.41, 5.74) is 5.53. The number of para-hydroxylation sites is 1. The Morgan fingerprint density at radius 2 is 2.07 bits per heavy atom. The normalized spacial score (nSPS) is 13.4. The van der Waals surface area contributed by atoms with Crippen molar-refractivity contribution in [2.24, 2.45) is 0 Å². The first-order chi connectivity index (χ1) is 14.3. The number of benzene rings is 1. The van der Waals surface area contributed by atoms with E-state index >= 15 is 0 Å². The van der Waals surface area contributed by atoms with Crippen LogP contribution in [0.1, 0.15) is 16.8 Å². The third-order valence-corrected chi connectivity index (χ3v) is 5.46. The van der Waals surface area contributed by atoms with Crippen molar-refractivity contribution in [3.05, 3.63) is 70.8 Å². The zero-order valence-corrected chi connectivity index (χ0v) is 16.6. The summed E-state index contributed by atoms with van der Waals surface area (Å²) in [5.74, 6) is 1.55. The fourth-order valence-electron chi connectivity index (χ4n) is 3.81. The molecule has 0 unspecified atom stereocenters. The van der Waals surface area contributed by atoms with Crippen molar-refractivity contribution >= 4 is 28.3 Å². The number of halogens is 1. The molecule has 0 bridgehead atoms. The first-order valence-electron chi connectivity index (χ1n) is 9.78. The minimum Gasteiger partial charge on any atom is -0.369 e. The molecule has 3 N–H and O–H groups in total. The van der Waals surface area contributed by atoms with Crippen LogP contribution in [0.15, 0.2) is 48.9 Å². The summed E-state index contributed by atoms with van der Waals surface area (Å²) in [5, 5.41) is 8.81. The van der Waals surface area contributed by atoms with Gasteiger partial charge in [0.1, 0.15) is 5.82 Å². The Kier molecular flexibility index (Phi) is 4.87. The van der Waals surface area contributed by atoms with Crippen LogP contribution in [-0.4, -0.2) is 33.0 Å². The molecule has 3 aromatic heterocycles. The van der Waals surface area contributed by atoms with E-state index in [1.54, 1.807) is 12.4 Å². The van der Waals surface area contributed by atoms with Gasteiger partial charge in [-0.3, -0.25) is 4.98 Å². The van der Waals surface area contributed by atoms with Crippen molar-refractivity contribution in [2.45, 2.75) is 19.4 Å². The van der Waals surface area contributed by atoms with Gasteiger partial charge in [-0.2, -0.15) is 0 Å². The summed E-state index contributed by atoms with van der Waals surface area (Å²) in [4.78, 5) is 17.1. The molecule has 146 valence electrons. The molecule has 0 atom stereocenters. The minimum atomic E-state index is 0.583. The van der Waals surface area contributed by atoms with Crippen LogP contribution < -0.4 is 10.6 Å². The van der Waals surface area contributed by atoms with Crippen LogP contribution >= 0.6 is 11.6 Å². The highest BCUT2D eigenvalue weighted by molar-refractivity contribution is 6.30. The number of pyridine rings is 1. The molecule has 1 aliphatic heterocycles. The number of nitrogens with zero attached hydrogens (tertiary/aromatic N) is 3. The van der Waals surface area contributed by atoms with Gasteiger partial charge in [-0.05, 0) is 24.1 Å². The number of hydrogen-bond donors (Lipinski definition) is 3. The van der Waals surface area contributed by atoms with E-state index in [2.05, 4.69) is 45.0 Å². The fraction of sp³-hybridized carbons (Fsp3) is 0.227. The van der Waals surface area contributed by atoms with Crippen LogP contribution in [0.2, 0.25) is 5.02 Å². The van der Waals surface area contributed by atoms with Gasteiger partial charge in [0.25, 0.3) is 0 Å². The third-order valence-electron chi connectivity index (χ3n) is 5.26. The standard InChI is InChI=1S/C22H21ClN6/c23-16-9-15(10-25-12-16)21-28-20-6-7-24-13-18(20)22(29-21)26-8-5-14-11-27-19-4-2-1-3-17(14)19/h1-4,9-12,24,27H,5-8,13H2,(H,26,28,29). The number of H-pyrrole nitrogens is 1. The van der Waals surface area contributed by atoms with Gasteiger partial charge in [0, 0.05) is 66.7 Å². The average molecular weight is 405 g/mol. The Hall–Kier alpha value is -2.96. The van der Waals surface area contributed by atoms with E-state index in [1.807, 2.05) is 12.1 Å². The number of rotatable bonds is 5. The second kappa shape index (κ2) is 7.81. The zero-order chi connectivity index (χ0) is 19.6. The van der Waals surface area contributed by atoms with Gasteiger partial charge in [0.2, 0.25) is 0 Å². The smallest absolute Gasteiger partial charge is 0.163 e. The SMILES string of the molecule is Clc1cncc(-c2nc3c(c(NCCc4c[nH]c5ccccc45)n2)CNCC3)c1. The van der Waals surface area contributed by atoms with Gasteiger partial charge in [0.15, 0.2) is 5.82 Å². The van der Waals surface area contributed by atoms with E-state index in [0.29, 0.717) is 10.8 Å². The Bertz CT molecular complexity index is 1170. The summed E-state index contributed by atoms with van der Waals surface area (Å²) < 4.78 is 0. The lowest BCUT2D eigenvalue weighted by atomic mass is 10.1. The first kappa shape index (κ1) is 18.1. The van der Waals surface area contributed by atoms with Crippen molar-refractivity contribution in [2.75, 3.05) is 18.4 Å². The lowest BCUT2D eigenvalue weighted by Crippen LogP contribution is -2.27. The lowest BCUT2D eigenvalue weighted by Gasteiger charge is -2.20. The molecule has 29 heavy (non-hydrogen) atoms. The Labute approximate surface area is 173 Å². The molecule has 6 nitrogen and oxygen atoms in total. The molecule has 0 fully saturated rings. The van der Waals surface area contributed by atoms with Gasteiger partial charge in [-0.1, -0.05) is 29.8 Å². The van der Waals surface area contributed by atoms with Crippen LogP contribution in [0.25, 0.3) is 22.3 Å². The molecule has 1 aromatic carbocycles. The Morgan fingerprint density at radius 3 is 3.00 bits per heavy atom. The molecule has 0 aliphatic carbocycles. The monoisotopic (exact) mass is 404 g/mol. The molecule has 0 radical (unpaired) electrons. The predicted octanol–water partition coefficient (Wildman–Crippen LogP) is 3.97. The fourth-order valence-corrected chi connectivity index (χ4v) is 3.98. The van der Waals surface area contributed by atoms with Gasteiger partial charge in [0.05, 0.1) is 10.7 Å². The van der Waals surface area contributed by atoms with E-state index in [0.717, 1.165) is 55.1 Å². The van der Waals surface area contributed by atoms with Crippen LogP contribution in [0.4, 0.5) is 5.82 Å². The van der Waals surface area contributed by atoms with Crippen molar-refractivity contribution < 1.29 is 0 Å². The summed E-state index contributed by atoms with van der Waals surface area (Å²) in [6, 6.07) is 10.2. The minimum absolute atomic E-state index is 0.583. The van der Waals surface area contributed by atoms with E-state index in [4.69, 9.17) is 21.6 Å². The zero-order valence-electron chi connectivity index (χ0n) is 15.9. The Balaban J connectivity index is 1.42. The van der Waals surface area contributed by atoms with Gasteiger partial charge >= 0.3 is 0 Å². The van der Waals surface area contributed by atoms with Crippen LogP contribution in [-0.2, 0) is 19.4 Å². The molecule has 4 aromatic rings. The third kappa shape index (κ3) is 3.69. The highest BCUT2D eigenvalue weighted by Crippen LogP contribution is 2.26. The highest BCUT2D eigenvalue weighted by atomic mass is 35.5. The predicted molar refractivity (Wildman–Crippen MR) is 116 cm³/mol. The maximum atomic E-state index is 6.12. The van der Waals surface area contributed by atoms with E-state index in [-0.39, 0.29) is 0 Å². The number of fused-ring (bicyclic) bond motifs is 2. The van der Waals surface area contributed by atoms with Gasteiger partial charge in [-0.15, -0.1) is 0 Å². The average Bonchev–Trinajstić information content (AvgIpc) is 3.17. The van der Waals surface area contributed by atoms with E-state index in [1.165, 1.54) is 16.5 Å². The molecule has 5 rings (SSSR count). The molecule has 0 saturated heterocycles. The summed E-state index contributed by atoms with van der Waals surface area (Å²) in [6.07, 6.45) is 7.25. The number of hydrogen-bond acceptors (Lipinski definition) is 5. The largest absolute Gasteiger partial charge is 0.369 e. The lowest BCUT2D eigenvalue weighted by molar-refractivity contribution is 0.628. The van der Waals surface area contributed by atoms with Crippen LogP contribution in [0.3, 0.4) is 0 Å². The van der Waals surface area contributed by atoms with E-state index < -0.39 is 0 Å². The Morgan fingerprint density at radius 1 is 1.14 bits per heavy atom. The quantitative estimate of drug-likeness (QED) is 0.469. The maximum absolute atomic E-state index is 6.12. The van der Waals surface area contributed by atoms with Crippen molar-refractivity contribution in [1.82, 2.24) is 25.3 Å². The highest BCUT2D eigenvalue weighted by Gasteiger charge is 2.18. The second-order valence-corrected chi connectivity index (χ2v) is 7.61. The molecular weight excluding hydrogens is 384 g/mol. The maximum Gasteiger partial charge on any atom is 0.163 e. The number of nitrogens with one attached hydrogen (secondary N) is 3. The summed E-state index contributed by atoms with van der Waals surface area (Å²) in [7, 11) is 0. The van der Waals surface area contributed by atoms with Gasteiger partial charge < -0.3 is 15.6 Å². The molecule has 0 spiro atoms. The molecule has 4 heterocycles. The topological polar surface area (TPSA) is 78.5 Å². The summed E-state index contributed by atoms with van der Waals surface area (Å²) in [6.45, 7) is 2.49. The molecule has 1 aliphatic rings. The molecule has 7 heteroatoms. The number of aromatic amines is 1. The van der Waals surface area contributed by atoms with E-state index in [9.17, 15) is 0 Å². The summed E-state index contributed by atoms with van der Waals surface area (Å²) >= 11 is 6.12. The van der Waals surface area contributed by atoms with Crippen molar-refractivity contribution in [1.29, 1.82) is 0 Å². The van der Waals surface area contributed by atoms with Crippen molar-refractivity contribution in [3.63, 3.8) is 0 Å². The second-order valence-electron chi connectivity index (χ2n) is 7.18. The first-order valence-corrected chi connectivity index (χ1v) is 10.2. The van der Waals surface area contributed by atoms with Crippen LogP contribution in [0.5, 0.6) is 0 Å². The van der Waals surface area contributed by atoms with Gasteiger partial charge in [-0.25, -0.2) is 9.97 Å². The molecule has 0 amide bonds. The van der Waals surface area contributed by atoms with Crippen LogP contribution in [0, 0.1) is 0 Å². The number of anilines is 1.